The van der Waals surface area contributed by atoms with Crippen molar-refractivity contribution in [3.8, 4) is 0 Å². The molecule has 4 rings (SSSR count). The van der Waals surface area contributed by atoms with Crippen molar-refractivity contribution in [2.75, 3.05) is 5.32 Å². The van der Waals surface area contributed by atoms with Crippen LogP contribution in [0.25, 0.3) is 0 Å². The van der Waals surface area contributed by atoms with E-state index in [9.17, 15) is 24.5 Å². The van der Waals surface area contributed by atoms with E-state index in [1.807, 2.05) is 0 Å². The van der Waals surface area contributed by atoms with Crippen LogP contribution in [0.15, 0.2) is 53.3 Å². The van der Waals surface area contributed by atoms with Crippen LogP contribution in [0.5, 0.6) is 0 Å². The van der Waals surface area contributed by atoms with Gasteiger partial charge in [0.2, 0.25) is 6.10 Å². The summed E-state index contributed by atoms with van der Waals surface area (Å²) in [6, 6.07) is 12.1. The van der Waals surface area contributed by atoms with Crippen molar-refractivity contribution < 1.29 is 19.2 Å². The van der Waals surface area contributed by atoms with Crippen LogP contribution in [0.4, 0.5) is 11.4 Å². The summed E-state index contributed by atoms with van der Waals surface area (Å²) in [5.41, 5.74) is -0.281. The van der Waals surface area contributed by atoms with Crippen LogP contribution in [0.3, 0.4) is 0 Å². The molecule has 2 aromatic carbocycles. The van der Waals surface area contributed by atoms with Gasteiger partial charge in [0.1, 0.15) is 17.4 Å². The highest BCUT2D eigenvalue weighted by Gasteiger charge is 2.27. The summed E-state index contributed by atoms with van der Waals surface area (Å²) in [6.07, 6.45) is 2.08. The lowest BCUT2D eigenvalue weighted by Crippen LogP contribution is -2.31. The topological polar surface area (TPSA) is 138 Å². The van der Waals surface area contributed by atoms with E-state index in [0.29, 0.717) is 24.4 Å². The summed E-state index contributed by atoms with van der Waals surface area (Å²) in [7, 11) is 0. The maximum Gasteiger partial charge on any atom is 0.346 e. The minimum absolute atomic E-state index is 0.0806. The summed E-state index contributed by atoms with van der Waals surface area (Å²) in [5, 5.41) is 17.9. The van der Waals surface area contributed by atoms with E-state index in [1.165, 1.54) is 12.1 Å². The molecule has 0 spiro atoms. The standard InChI is InChI=1S/C23H22ClN5O6/c24-17-11-10-16(13-18(17)29(33)34)25-22(31)21(15-7-3-1-4-8-15)35-20(30)14-28-23(32)27-12-6-2-5-9-19(27)26-28/h1,3-4,7-8,10-11,13,21H,2,5-6,9,12,14H2,(H,25,31)/t21-/m1/s1. The molecule has 2 heterocycles. The molecular weight excluding hydrogens is 478 g/mol. The van der Waals surface area contributed by atoms with Crippen LogP contribution in [0.1, 0.15) is 36.8 Å². The number of amides is 1. The SMILES string of the molecule is O=C(Cn1nc2n(c1=O)CCCCC2)O[C@@H](C(=O)Nc1ccc(Cl)c([N+](=O)[O-])c1)c1ccccc1. The smallest absolute Gasteiger partial charge is 0.346 e. The van der Waals surface area contributed by atoms with Crippen LogP contribution in [0.2, 0.25) is 5.02 Å². The second kappa shape index (κ2) is 10.5. The van der Waals surface area contributed by atoms with E-state index in [4.69, 9.17) is 16.3 Å². The third-order valence-corrected chi connectivity index (χ3v) is 5.88. The Kier molecular flexibility index (Phi) is 7.25. The first-order valence-electron chi connectivity index (χ1n) is 11.0. The van der Waals surface area contributed by atoms with Gasteiger partial charge in [0.15, 0.2) is 0 Å². The second-order valence-electron chi connectivity index (χ2n) is 8.01. The van der Waals surface area contributed by atoms with Crippen molar-refractivity contribution >= 4 is 34.9 Å². The predicted octanol–water partition coefficient (Wildman–Crippen LogP) is 3.26. The Labute approximate surface area is 204 Å². The van der Waals surface area contributed by atoms with Gasteiger partial charge in [0, 0.05) is 30.3 Å². The number of benzene rings is 2. The van der Waals surface area contributed by atoms with Gasteiger partial charge in [-0.1, -0.05) is 48.4 Å². The van der Waals surface area contributed by atoms with Gasteiger partial charge < -0.3 is 10.1 Å². The summed E-state index contributed by atoms with van der Waals surface area (Å²) >= 11 is 5.83. The molecule has 0 bridgehead atoms. The zero-order valence-electron chi connectivity index (χ0n) is 18.6. The summed E-state index contributed by atoms with van der Waals surface area (Å²) in [4.78, 5) is 49.0. The number of rotatable bonds is 7. The molecule has 1 N–H and O–H groups in total. The Bertz CT molecular complexity index is 1320. The van der Waals surface area contributed by atoms with E-state index >= 15 is 0 Å². The third kappa shape index (κ3) is 5.57. The van der Waals surface area contributed by atoms with Gasteiger partial charge in [-0.15, -0.1) is 0 Å². The molecule has 1 atom stereocenters. The highest BCUT2D eigenvalue weighted by molar-refractivity contribution is 6.32. The van der Waals surface area contributed by atoms with Crippen LogP contribution < -0.4 is 11.0 Å². The van der Waals surface area contributed by atoms with E-state index in [1.54, 1.807) is 34.9 Å². The molecule has 0 aliphatic carbocycles. The second-order valence-corrected chi connectivity index (χ2v) is 8.42. The van der Waals surface area contributed by atoms with Gasteiger partial charge in [-0.2, -0.15) is 5.10 Å². The number of nitro groups is 1. The number of carbonyl (C=O) groups is 2. The van der Waals surface area contributed by atoms with Crippen molar-refractivity contribution in [1.82, 2.24) is 14.3 Å². The van der Waals surface area contributed by atoms with Crippen LogP contribution in [0, 0.1) is 10.1 Å². The number of esters is 1. The number of nitro benzene ring substituents is 1. The number of halogens is 1. The summed E-state index contributed by atoms with van der Waals surface area (Å²) in [6.45, 7) is 0.0906. The quantitative estimate of drug-likeness (QED) is 0.299. The van der Waals surface area contributed by atoms with Gasteiger partial charge in [-0.3, -0.25) is 24.3 Å². The lowest BCUT2D eigenvalue weighted by Gasteiger charge is -2.18. The van der Waals surface area contributed by atoms with Crippen LogP contribution in [-0.4, -0.2) is 31.1 Å². The molecular formula is C23H22ClN5O6. The first-order chi connectivity index (χ1) is 16.8. The van der Waals surface area contributed by atoms with Gasteiger partial charge in [0.25, 0.3) is 11.6 Å². The third-order valence-electron chi connectivity index (χ3n) is 5.56. The number of ether oxygens (including phenoxy) is 1. The van der Waals surface area contributed by atoms with Crippen LogP contribution >= 0.6 is 11.6 Å². The zero-order valence-corrected chi connectivity index (χ0v) is 19.3. The number of fused-ring (bicyclic) bond motifs is 1. The summed E-state index contributed by atoms with van der Waals surface area (Å²) < 4.78 is 8.08. The number of aromatic nitrogens is 3. The predicted molar refractivity (Wildman–Crippen MR) is 126 cm³/mol. The fourth-order valence-corrected chi connectivity index (χ4v) is 4.04. The number of anilines is 1. The molecule has 0 unspecified atom stereocenters. The first-order valence-corrected chi connectivity index (χ1v) is 11.4. The molecule has 0 saturated carbocycles. The number of nitrogens with zero attached hydrogens (tertiary/aromatic N) is 4. The zero-order chi connectivity index (χ0) is 24.9. The number of aryl methyl sites for hydroxylation is 1. The minimum atomic E-state index is -1.37. The lowest BCUT2D eigenvalue weighted by atomic mass is 10.1. The molecule has 1 aromatic heterocycles. The fraction of sp³-hybridized carbons (Fsp3) is 0.304. The monoisotopic (exact) mass is 499 g/mol. The summed E-state index contributed by atoms with van der Waals surface area (Å²) in [5.74, 6) is -0.928. The molecule has 11 nitrogen and oxygen atoms in total. The maximum atomic E-state index is 13.1. The number of nitrogens with one attached hydrogen (secondary N) is 1. The lowest BCUT2D eigenvalue weighted by molar-refractivity contribution is -0.384. The van der Waals surface area contributed by atoms with Gasteiger partial charge in [-0.05, 0) is 25.0 Å². The first kappa shape index (κ1) is 24.1. The number of carbonyl (C=O) groups excluding carboxylic acids is 2. The minimum Gasteiger partial charge on any atom is -0.446 e. The molecule has 0 fully saturated rings. The Morgan fingerprint density at radius 2 is 1.94 bits per heavy atom. The van der Waals surface area contributed by atoms with E-state index in [2.05, 4.69) is 10.4 Å². The molecule has 182 valence electrons. The number of hydrogen-bond acceptors (Lipinski definition) is 7. The van der Waals surface area contributed by atoms with Gasteiger partial charge in [-0.25, -0.2) is 9.48 Å². The van der Waals surface area contributed by atoms with Gasteiger partial charge >= 0.3 is 11.7 Å². The van der Waals surface area contributed by atoms with Crippen molar-refractivity contribution in [2.24, 2.45) is 0 Å². The normalized spacial score (nSPS) is 13.9. The average molecular weight is 500 g/mol. The molecule has 3 aromatic rings. The van der Waals surface area contributed by atoms with Crippen molar-refractivity contribution in [3.05, 3.63) is 85.5 Å². The molecule has 35 heavy (non-hydrogen) atoms. The van der Waals surface area contributed by atoms with E-state index in [-0.39, 0.29) is 16.4 Å². The molecule has 12 heteroatoms. The molecule has 0 saturated heterocycles. The van der Waals surface area contributed by atoms with Gasteiger partial charge in [0.05, 0.1) is 4.92 Å². The molecule has 0 radical (unpaired) electrons. The van der Waals surface area contributed by atoms with E-state index in [0.717, 1.165) is 30.0 Å². The number of hydrogen-bond donors (Lipinski definition) is 1. The largest absolute Gasteiger partial charge is 0.446 e. The fourth-order valence-electron chi connectivity index (χ4n) is 3.86. The highest BCUT2D eigenvalue weighted by Crippen LogP contribution is 2.28. The Hall–Kier alpha value is -3.99. The van der Waals surface area contributed by atoms with Crippen LogP contribution in [-0.2, 0) is 33.8 Å². The van der Waals surface area contributed by atoms with Crippen molar-refractivity contribution in [3.63, 3.8) is 0 Å². The van der Waals surface area contributed by atoms with Crippen molar-refractivity contribution in [1.29, 1.82) is 0 Å². The molecule has 1 aliphatic heterocycles. The molecule has 1 aliphatic rings. The Balaban J connectivity index is 1.53. The van der Waals surface area contributed by atoms with Crippen molar-refractivity contribution in [2.45, 2.75) is 44.9 Å². The Morgan fingerprint density at radius 3 is 2.69 bits per heavy atom. The highest BCUT2D eigenvalue weighted by atomic mass is 35.5. The van der Waals surface area contributed by atoms with E-state index < -0.39 is 35.1 Å². The molecule has 1 amide bonds. The Morgan fingerprint density at radius 1 is 1.17 bits per heavy atom. The maximum absolute atomic E-state index is 13.1. The average Bonchev–Trinajstić information content (AvgIpc) is 2.99.